The van der Waals surface area contributed by atoms with Crippen LogP contribution in [0.1, 0.15) is 143 Å². The highest BCUT2D eigenvalue weighted by molar-refractivity contribution is 5.70. The molecule has 0 radical (unpaired) electrons. The molecular weight excluding hydrogens is 388 g/mol. The highest BCUT2D eigenvalue weighted by atomic mass is 16.5. The van der Waals surface area contributed by atoms with E-state index in [1.54, 1.807) is 0 Å². The second-order valence-corrected chi connectivity index (χ2v) is 9.22. The lowest BCUT2D eigenvalue weighted by Crippen LogP contribution is -2.11. The summed E-state index contributed by atoms with van der Waals surface area (Å²) in [5.74, 6) is 0.118. The SMILES string of the molecule is CCCCCCCCCCCCCCCCOC(=O)CCCCC(=O)OCC(C)CC. The quantitative estimate of drug-likeness (QED) is 0.119. The van der Waals surface area contributed by atoms with Gasteiger partial charge in [0, 0.05) is 12.8 Å². The van der Waals surface area contributed by atoms with Gasteiger partial charge in [0.15, 0.2) is 0 Å². The summed E-state index contributed by atoms with van der Waals surface area (Å²) >= 11 is 0. The molecular formula is C27H52O4. The smallest absolute Gasteiger partial charge is 0.305 e. The molecule has 0 N–H and O–H groups in total. The minimum Gasteiger partial charge on any atom is -0.466 e. The van der Waals surface area contributed by atoms with Crippen molar-refractivity contribution < 1.29 is 19.1 Å². The van der Waals surface area contributed by atoms with Crippen molar-refractivity contribution in [2.75, 3.05) is 13.2 Å². The lowest BCUT2D eigenvalue weighted by Gasteiger charge is -2.09. The molecule has 0 aliphatic carbocycles. The Balaban J connectivity index is 3.26. The molecule has 4 nitrogen and oxygen atoms in total. The van der Waals surface area contributed by atoms with Crippen LogP contribution in [0.5, 0.6) is 0 Å². The molecule has 0 aliphatic heterocycles. The van der Waals surface area contributed by atoms with Gasteiger partial charge in [-0.05, 0) is 25.2 Å². The standard InChI is InChI=1S/C27H52O4/c1-4-6-7-8-9-10-11-12-13-14-15-16-17-20-23-30-26(28)21-18-19-22-27(29)31-24-25(3)5-2/h25H,4-24H2,1-3H3. The third-order valence-corrected chi connectivity index (χ3v) is 6.00. The van der Waals surface area contributed by atoms with Gasteiger partial charge in [-0.15, -0.1) is 0 Å². The van der Waals surface area contributed by atoms with E-state index in [0.717, 1.165) is 19.3 Å². The monoisotopic (exact) mass is 440 g/mol. The van der Waals surface area contributed by atoms with Crippen LogP contribution in [0.3, 0.4) is 0 Å². The molecule has 1 atom stereocenters. The van der Waals surface area contributed by atoms with Crippen LogP contribution in [-0.4, -0.2) is 25.2 Å². The Bertz CT molecular complexity index is 408. The van der Waals surface area contributed by atoms with Crippen molar-refractivity contribution in [2.45, 2.75) is 143 Å². The Hall–Kier alpha value is -1.06. The normalized spacial score (nSPS) is 12.0. The molecule has 0 heterocycles. The third kappa shape index (κ3) is 23.4. The first-order valence-electron chi connectivity index (χ1n) is 13.4. The number of hydrogen-bond donors (Lipinski definition) is 0. The molecule has 4 heteroatoms. The third-order valence-electron chi connectivity index (χ3n) is 6.00. The summed E-state index contributed by atoms with van der Waals surface area (Å²) in [6.45, 7) is 7.46. The van der Waals surface area contributed by atoms with Crippen molar-refractivity contribution >= 4 is 11.9 Å². The average Bonchev–Trinajstić information content (AvgIpc) is 2.77. The molecule has 0 amide bonds. The maximum Gasteiger partial charge on any atom is 0.305 e. The van der Waals surface area contributed by atoms with Crippen molar-refractivity contribution in [3.05, 3.63) is 0 Å². The van der Waals surface area contributed by atoms with E-state index < -0.39 is 0 Å². The summed E-state index contributed by atoms with van der Waals surface area (Å²) in [5.41, 5.74) is 0. The van der Waals surface area contributed by atoms with E-state index in [-0.39, 0.29) is 11.9 Å². The molecule has 0 aliphatic rings. The van der Waals surface area contributed by atoms with Crippen LogP contribution in [0.4, 0.5) is 0 Å². The van der Waals surface area contributed by atoms with Gasteiger partial charge in [-0.25, -0.2) is 0 Å². The lowest BCUT2D eigenvalue weighted by molar-refractivity contribution is -0.146. The van der Waals surface area contributed by atoms with Crippen molar-refractivity contribution in [1.29, 1.82) is 0 Å². The van der Waals surface area contributed by atoms with Gasteiger partial charge in [0.1, 0.15) is 0 Å². The molecule has 0 aromatic carbocycles. The maximum atomic E-state index is 11.7. The zero-order valence-corrected chi connectivity index (χ0v) is 21.1. The first kappa shape index (κ1) is 29.9. The van der Waals surface area contributed by atoms with Crippen molar-refractivity contribution in [3.63, 3.8) is 0 Å². The van der Waals surface area contributed by atoms with Crippen molar-refractivity contribution in [1.82, 2.24) is 0 Å². The predicted molar refractivity (Wildman–Crippen MR) is 130 cm³/mol. The van der Waals surface area contributed by atoms with Crippen LogP contribution < -0.4 is 0 Å². The Morgan fingerprint density at radius 1 is 0.581 bits per heavy atom. The molecule has 184 valence electrons. The van der Waals surface area contributed by atoms with E-state index in [4.69, 9.17) is 9.47 Å². The maximum absolute atomic E-state index is 11.7. The van der Waals surface area contributed by atoms with Gasteiger partial charge in [0.05, 0.1) is 13.2 Å². The van der Waals surface area contributed by atoms with Crippen molar-refractivity contribution in [3.8, 4) is 0 Å². The fourth-order valence-electron chi connectivity index (χ4n) is 3.52. The molecule has 0 aromatic heterocycles. The van der Waals surface area contributed by atoms with E-state index in [1.807, 2.05) is 0 Å². The summed E-state index contributed by atoms with van der Waals surface area (Å²) in [4.78, 5) is 23.3. The van der Waals surface area contributed by atoms with E-state index in [1.165, 1.54) is 77.0 Å². The number of carbonyl (C=O) groups excluding carboxylic acids is 2. The Morgan fingerprint density at radius 3 is 1.45 bits per heavy atom. The minimum atomic E-state index is -0.156. The second-order valence-electron chi connectivity index (χ2n) is 9.22. The molecule has 31 heavy (non-hydrogen) atoms. The fraction of sp³-hybridized carbons (Fsp3) is 0.926. The average molecular weight is 441 g/mol. The molecule has 0 fully saturated rings. The first-order valence-corrected chi connectivity index (χ1v) is 13.4. The molecule has 0 saturated heterocycles. The fourth-order valence-corrected chi connectivity index (χ4v) is 3.52. The number of rotatable bonds is 23. The van der Waals surface area contributed by atoms with Crippen LogP contribution in [0, 0.1) is 5.92 Å². The van der Waals surface area contributed by atoms with Gasteiger partial charge in [0.25, 0.3) is 0 Å². The number of unbranched alkanes of at least 4 members (excludes halogenated alkanes) is 14. The number of carbonyl (C=O) groups is 2. The Kier molecular flexibility index (Phi) is 22.8. The van der Waals surface area contributed by atoms with Gasteiger partial charge in [-0.2, -0.15) is 0 Å². The first-order chi connectivity index (χ1) is 15.1. The van der Waals surface area contributed by atoms with E-state index in [0.29, 0.717) is 44.8 Å². The van der Waals surface area contributed by atoms with Crippen LogP contribution in [0.2, 0.25) is 0 Å². The topological polar surface area (TPSA) is 52.6 Å². The van der Waals surface area contributed by atoms with Crippen LogP contribution in [0.15, 0.2) is 0 Å². The van der Waals surface area contributed by atoms with E-state index >= 15 is 0 Å². The van der Waals surface area contributed by atoms with Gasteiger partial charge in [-0.3, -0.25) is 9.59 Å². The van der Waals surface area contributed by atoms with Gasteiger partial charge >= 0.3 is 11.9 Å². The molecule has 0 aromatic rings. The molecule has 0 saturated carbocycles. The summed E-state index contributed by atoms with van der Waals surface area (Å²) in [5, 5.41) is 0. The molecule has 1 unspecified atom stereocenters. The number of esters is 2. The molecule has 0 rings (SSSR count). The lowest BCUT2D eigenvalue weighted by atomic mass is 10.0. The zero-order valence-electron chi connectivity index (χ0n) is 21.1. The summed E-state index contributed by atoms with van der Waals surface area (Å²) < 4.78 is 10.5. The van der Waals surface area contributed by atoms with Gasteiger partial charge < -0.3 is 9.47 Å². The van der Waals surface area contributed by atoms with Crippen molar-refractivity contribution in [2.24, 2.45) is 5.92 Å². The predicted octanol–water partition coefficient (Wildman–Crippen LogP) is 8.16. The summed E-state index contributed by atoms with van der Waals surface area (Å²) in [6, 6.07) is 0. The Labute approximate surface area is 193 Å². The van der Waals surface area contributed by atoms with Crippen LogP contribution in [-0.2, 0) is 19.1 Å². The molecule has 0 bridgehead atoms. The van der Waals surface area contributed by atoms with Gasteiger partial charge in [-0.1, -0.05) is 111 Å². The highest BCUT2D eigenvalue weighted by Gasteiger charge is 2.07. The van der Waals surface area contributed by atoms with Crippen LogP contribution >= 0.6 is 0 Å². The molecule has 0 spiro atoms. The van der Waals surface area contributed by atoms with Gasteiger partial charge in [0.2, 0.25) is 0 Å². The van der Waals surface area contributed by atoms with Crippen LogP contribution in [0.25, 0.3) is 0 Å². The van der Waals surface area contributed by atoms with E-state index in [9.17, 15) is 9.59 Å². The van der Waals surface area contributed by atoms with E-state index in [2.05, 4.69) is 20.8 Å². The number of ether oxygens (including phenoxy) is 2. The zero-order chi connectivity index (χ0) is 23.0. The Morgan fingerprint density at radius 2 is 1.00 bits per heavy atom. The summed E-state index contributed by atoms with van der Waals surface area (Å²) in [6.07, 6.45) is 21.8. The highest BCUT2D eigenvalue weighted by Crippen LogP contribution is 2.13. The largest absolute Gasteiger partial charge is 0.466 e. The minimum absolute atomic E-state index is 0.136. The number of hydrogen-bond acceptors (Lipinski definition) is 4. The second kappa shape index (κ2) is 23.6. The summed E-state index contributed by atoms with van der Waals surface area (Å²) in [7, 11) is 0.